The van der Waals surface area contributed by atoms with Crippen molar-refractivity contribution in [2.24, 2.45) is 11.7 Å². The van der Waals surface area contributed by atoms with Crippen LogP contribution in [0.1, 0.15) is 44.9 Å². The largest absolute Gasteiger partial charge is 0.353 e. The maximum Gasteiger partial charge on any atom is 0.240 e. The number of nitrogens with two attached hydrogens (primary N) is 1. The molecular formula is C13H26ClN3O3S. The summed E-state index contributed by atoms with van der Waals surface area (Å²) in [5, 5.41) is 2.65. The maximum atomic E-state index is 11.9. The number of carbonyl (C=O) groups excluding carboxylic acids is 1. The lowest BCUT2D eigenvalue weighted by molar-refractivity contribution is -0.126. The summed E-state index contributed by atoms with van der Waals surface area (Å²) in [5.41, 5.74) is 5.21. The number of nitrogens with one attached hydrogen (secondary N) is 2. The van der Waals surface area contributed by atoms with Crippen molar-refractivity contribution < 1.29 is 13.2 Å². The number of halogens is 1. The van der Waals surface area contributed by atoms with E-state index in [0.717, 1.165) is 25.7 Å². The molecule has 0 aliphatic heterocycles. The molecule has 0 aromatic carbocycles. The molecule has 2 saturated carbocycles. The van der Waals surface area contributed by atoms with Crippen molar-refractivity contribution in [1.29, 1.82) is 0 Å². The van der Waals surface area contributed by atoms with Crippen LogP contribution in [0, 0.1) is 5.92 Å². The first-order chi connectivity index (χ1) is 9.41. The van der Waals surface area contributed by atoms with Crippen LogP contribution in [0.15, 0.2) is 0 Å². The van der Waals surface area contributed by atoms with E-state index in [1.165, 1.54) is 6.42 Å². The number of hydrogen-bond acceptors (Lipinski definition) is 4. The van der Waals surface area contributed by atoms with E-state index in [9.17, 15) is 13.2 Å². The van der Waals surface area contributed by atoms with E-state index in [4.69, 9.17) is 5.73 Å². The molecule has 0 aromatic heterocycles. The van der Waals surface area contributed by atoms with Gasteiger partial charge in [0.1, 0.15) is 0 Å². The molecule has 4 N–H and O–H groups in total. The van der Waals surface area contributed by atoms with Gasteiger partial charge in [-0.25, -0.2) is 13.1 Å². The second kappa shape index (κ2) is 7.76. The first kappa shape index (κ1) is 18.7. The number of rotatable bonds is 7. The Kier molecular flexibility index (Phi) is 6.90. The normalized spacial score (nSPS) is 21.4. The zero-order valence-electron chi connectivity index (χ0n) is 12.3. The van der Waals surface area contributed by atoms with Crippen LogP contribution in [0.3, 0.4) is 0 Å². The van der Waals surface area contributed by atoms with Crippen LogP contribution in [0.5, 0.6) is 0 Å². The molecule has 2 fully saturated rings. The highest BCUT2D eigenvalue weighted by atomic mass is 35.5. The predicted octanol–water partition coefficient (Wildman–Crippen LogP) is 0.515. The molecular weight excluding hydrogens is 314 g/mol. The summed E-state index contributed by atoms with van der Waals surface area (Å²) in [4.78, 5) is 11.9. The molecule has 0 unspecified atom stereocenters. The summed E-state index contributed by atoms with van der Waals surface area (Å²) in [6, 6.07) is 0. The Morgan fingerprint density at radius 1 is 1.19 bits per heavy atom. The molecule has 0 radical (unpaired) electrons. The zero-order valence-corrected chi connectivity index (χ0v) is 13.9. The maximum absolute atomic E-state index is 11.9. The van der Waals surface area contributed by atoms with Gasteiger partial charge in [0.15, 0.2) is 0 Å². The Morgan fingerprint density at radius 3 is 2.33 bits per heavy atom. The third kappa shape index (κ3) is 5.39. The summed E-state index contributed by atoms with van der Waals surface area (Å²) in [6.07, 6.45) is 6.71. The summed E-state index contributed by atoms with van der Waals surface area (Å²) >= 11 is 0. The second-order valence-corrected chi connectivity index (χ2v) is 8.01. The van der Waals surface area contributed by atoms with E-state index in [1.54, 1.807) is 0 Å². The summed E-state index contributed by atoms with van der Waals surface area (Å²) in [7, 11) is -3.30. The van der Waals surface area contributed by atoms with Crippen molar-refractivity contribution in [1.82, 2.24) is 10.0 Å². The fourth-order valence-electron chi connectivity index (χ4n) is 2.72. The molecule has 8 heteroatoms. The molecule has 2 aliphatic rings. The van der Waals surface area contributed by atoms with Crippen LogP contribution < -0.4 is 15.8 Å². The monoisotopic (exact) mass is 339 g/mol. The fourth-order valence-corrected chi connectivity index (χ4v) is 3.73. The Bertz CT molecular complexity index is 446. The molecule has 0 aromatic rings. The highest BCUT2D eigenvalue weighted by Gasteiger charge is 2.36. The third-order valence-electron chi connectivity index (χ3n) is 4.42. The standard InChI is InChI=1S/C13H25N3O3S.ClH/c14-13(6-1-2-7-13)12(17)15-8-9-20(18,19)16-10-11-4-3-5-11;/h11,16H,1-10,14H2,(H,15,17);1H. The fraction of sp³-hybridized carbons (Fsp3) is 0.923. The van der Waals surface area contributed by atoms with E-state index >= 15 is 0 Å². The van der Waals surface area contributed by atoms with Gasteiger partial charge in [-0.3, -0.25) is 4.79 Å². The van der Waals surface area contributed by atoms with Gasteiger partial charge in [0.2, 0.25) is 15.9 Å². The number of amides is 1. The van der Waals surface area contributed by atoms with Gasteiger partial charge >= 0.3 is 0 Å². The van der Waals surface area contributed by atoms with Crippen LogP contribution in [0.4, 0.5) is 0 Å². The van der Waals surface area contributed by atoms with Gasteiger partial charge in [0, 0.05) is 13.1 Å². The Labute approximate surface area is 133 Å². The van der Waals surface area contributed by atoms with Crippen molar-refractivity contribution in [3.63, 3.8) is 0 Å². The summed E-state index contributed by atoms with van der Waals surface area (Å²) < 4.78 is 26.1. The number of sulfonamides is 1. The van der Waals surface area contributed by atoms with Crippen molar-refractivity contribution in [3.8, 4) is 0 Å². The van der Waals surface area contributed by atoms with Crippen LogP contribution in [-0.2, 0) is 14.8 Å². The lowest BCUT2D eigenvalue weighted by Gasteiger charge is -2.25. The third-order valence-corrected chi connectivity index (χ3v) is 5.77. The van der Waals surface area contributed by atoms with E-state index in [1.807, 2.05) is 0 Å². The Morgan fingerprint density at radius 2 is 1.81 bits per heavy atom. The highest BCUT2D eigenvalue weighted by molar-refractivity contribution is 7.89. The van der Waals surface area contributed by atoms with Crippen LogP contribution in [0.2, 0.25) is 0 Å². The molecule has 1 amide bonds. The Hall–Kier alpha value is -0.370. The van der Waals surface area contributed by atoms with E-state index in [0.29, 0.717) is 25.3 Å². The average Bonchev–Trinajstić information content (AvgIpc) is 2.75. The van der Waals surface area contributed by atoms with Gasteiger partial charge in [-0.15, -0.1) is 12.4 Å². The first-order valence-electron chi connectivity index (χ1n) is 7.46. The van der Waals surface area contributed by atoms with Gasteiger partial charge in [-0.05, 0) is 31.6 Å². The smallest absolute Gasteiger partial charge is 0.240 e. The highest BCUT2D eigenvalue weighted by Crippen LogP contribution is 2.27. The van der Waals surface area contributed by atoms with Gasteiger partial charge < -0.3 is 11.1 Å². The van der Waals surface area contributed by atoms with Crippen LogP contribution in [-0.4, -0.2) is 38.7 Å². The van der Waals surface area contributed by atoms with Crippen molar-refractivity contribution >= 4 is 28.3 Å². The quantitative estimate of drug-likeness (QED) is 0.629. The van der Waals surface area contributed by atoms with Gasteiger partial charge in [-0.2, -0.15) is 0 Å². The minimum absolute atomic E-state index is 0. The molecule has 21 heavy (non-hydrogen) atoms. The Balaban J connectivity index is 0.00000220. The lowest BCUT2D eigenvalue weighted by atomic mass is 9.86. The minimum Gasteiger partial charge on any atom is -0.353 e. The molecule has 0 bridgehead atoms. The molecule has 2 rings (SSSR count). The zero-order chi connectivity index (χ0) is 14.6. The predicted molar refractivity (Wildman–Crippen MR) is 84.8 cm³/mol. The van der Waals surface area contributed by atoms with E-state index < -0.39 is 15.6 Å². The second-order valence-electron chi connectivity index (χ2n) is 6.08. The molecule has 6 nitrogen and oxygen atoms in total. The van der Waals surface area contributed by atoms with Crippen molar-refractivity contribution in [3.05, 3.63) is 0 Å². The van der Waals surface area contributed by atoms with Gasteiger partial charge in [-0.1, -0.05) is 19.3 Å². The van der Waals surface area contributed by atoms with Crippen LogP contribution >= 0.6 is 12.4 Å². The molecule has 0 atom stereocenters. The SMILES string of the molecule is Cl.NC1(C(=O)NCCS(=O)(=O)NCC2CCC2)CCCC1. The molecule has 0 saturated heterocycles. The molecule has 2 aliphatic carbocycles. The van der Waals surface area contributed by atoms with Gasteiger partial charge in [0.25, 0.3) is 0 Å². The van der Waals surface area contributed by atoms with Crippen molar-refractivity contribution in [2.75, 3.05) is 18.8 Å². The first-order valence-corrected chi connectivity index (χ1v) is 9.11. The summed E-state index contributed by atoms with van der Waals surface area (Å²) in [6.45, 7) is 0.648. The average molecular weight is 340 g/mol. The lowest BCUT2D eigenvalue weighted by Crippen LogP contribution is -2.52. The van der Waals surface area contributed by atoms with Gasteiger partial charge in [0.05, 0.1) is 11.3 Å². The number of hydrogen-bond donors (Lipinski definition) is 3. The van der Waals surface area contributed by atoms with Crippen LogP contribution in [0.25, 0.3) is 0 Å². The van der Waals surface area contributed by atoms with E-state index in [-0.39, 0.29) is 30.6 Å². The topological polar surface area (TPSA) is 101 Å². The molecule has 0 spiro atoms. The van der Waals surface area contributed by atoms with Crippen molar-refractivity contribution in [2.45, 2.75) is 50.5 Å². The molecule has 0 heterocycles. The summed E-state index contributed by atoms with van der Waals surface area (Å²) in [5.74, 6) is 0.191. The van der Waals surface area contributed by atoms with E-state index in [2.05, 4.69) is 10.0 Å². The molecule has 124 valence electrons. The minimum atomic E-state index is -3.30. The number of carbonyl (C=O) groups is 1.